The van der Waals surface area contributed by atoms with E-state index in [2.05, 4.69) is 27.1 Å². The second kappa shape index (κ2) is 6.94. The molecule has 7 nitrogen and oxygen atoms in total. The van der Waals surface area contributed by atoms with Crippen LogP contribution in [0.3, 0.4) is 0 Å². The predicted molar refractivity (Wildman–Crippen MR) is 107 cm³/mol. The average molecular weight is 373 g/mol. The summed E-state index contributed by atoms with van der Waals surface area (Å²) in [6.45, 7) is 1.86. The molecule has 5 rings (SSSR count). The predicted octanol–water partition coefficient (Wildman–Crippen LogP) is 2.69. The van der Waals surface area contributed by atoms with E-state index in [4.69, 9.17) is 9.72 Å². The lowest BCUT2D eigenvalue weighted by atomic mass is 10.1. The molecule has 0 aliphatic carbocycles. The summed E-state index contributed by atoms with van der Waals surface area (Å²) in [7, 11) is 0. The van der Waals surface area contributed by atoms with Crippen LogP contribution in [-0.2, 0) is 4.74 Å². The smallest absolute Gasteiger partial charge is 0.263 e. The zero-order chi connectivity index (χ0) is 18.9. The molecule has 4 aromatic rings. The number of nitrogens with one attached hydrogen (secondary N) is 1. The SMILES string of the molecule is O=c1[nH]c(N2CCO[C@H](c3ccccc3)C2)nc2c1cnn2-c1ccccc1. The number of anilines is 1. The van der Waals surface area contributed by atoms with E-state index >= 15 is 0 Å². The van der Waals surface area contributed by atoms with Crippen molar-refractivity contribution in [1.82, 2.24) is 19.7 Å². The van der Waals surface area contributed by atoms with Crippen molar-refractivity contribution in [2.75, 3.05) is 24.6 Å². The number of hydrogen-bond donors (Lipinski definition) is 1. The maximum atomic E-state index is 12.6. The minimum Gasteiger partial charge on any atom is -0.370 e. The number of fused-ring (bicyclic) bond motifs is 1. The zero-order valence-corrected chi connectivity index (χ0v) is 15.2. The van der Waals surface area contributed by atoms with Gasteiger partial charge in [0.25, 0.3) is 5.56 Å². The number of benzene rings is 2. The minimum absolute atomic E-state index is 0.0602. The van der Waals surface area contributed by atoms with Gasteiger partial charge >= 0.3 is 0 Å². The summed E-state index contributed by atoms with van der Waals surface area (Å²) < 4.78 is 7.63. The molecule has 1 aliphatic heterocycles. The standard InChI is InChI=1S/C21H19N5O2/c27-20-17-13-22-26(16-9-5-2-6-10-16)19(17)23-21(24-20)25-11-12-28-18(14-25)15-7-3-1-4-8-15/h1-10,13,18H,11-12,14H2,(H,23,24,27)/t18-/m0/s1. The van der Waals surface area contributed by atoms with E-state index in [0.717, 1.165) is 11.3 Å². The van der Waals surface area contributed by atoms with Gasteiger partial charge in [0.15, 0.2) is 5.65 Å². The van der Waals surface area contributed by atoms with E-state index in [0.29, 0.717) is 36.7 Å². The number of hydrogen-bond acceptors (Lipinski definition) is 5. The molecule has 0 saturated carbocycles. The Bertz CT molecular complexity index is 1150. The molecule has 1 saturated heterocycles. The van der Waals surface area contributed by atoms with E-state index < -0.39 is 0 Å². The summed E-state index contributed by atoms with van der Waals surface area (Å²) in [6, 6.07) is 19.8. The van der Waals surface area contributed by atoms with Crippen LogP contribution < -0.4 is 10.5 Å². The first-order chi connectivity index (χ1) is 13.8. The first kappa shape index (κ1) is 16.7. The fourth-order valence-corrected chi connectivity index (χ4v) is 3.53. The third-order valence-electron chi connectivity index (χ3n) is 4.96. The molecule has 1 aliphatic rings. The number of para-hydroxylation sites is 1. The van der Waals surface area contributed by atoms with Crippen molar-refractivity contribution < 1.29 is 4.74 Å². The second-order valence-electron chi connectivity index (χ2n) is 6.73. The maximum absolute atomic E-state index is 12.6. The molecule has 0 bridgehead atoms. The quantitative estimate of drug-likeness (QED) is 0.598. The molecular formula is C21H19N5O2. The molecule has 7 heteroatoms. The van der Waals surface area contributed by atoms with Gasteiger partial charge in [-0.2, -0.15) is 10.1 Å². The Kier molecular flexibility index (Phi) is 4.14. The molecular weight excluding hydrogens is 354 g/mol. The minimum atomic E-state index is -0.190. The summed E-state index contributed by atoms with van der Waals surface area (Å²) in [4.78, 5) is 22.3. The Morgan fingerprint density at radius 3 is 2.57 bits per heavy atom. The van der Waals surface area contributed by atoms with Crippen molar-refractivity contribution in [3.05, 3.63) is 82.8 Å². The molecule has 1 atom stereocenters. The van der Waals surface area contributed by atoms with E-state index in [1.54, 1.807) is 10.9 Å². The highest BCUT2D eigenvalue weighted by Crippen LogP contribution is 2.24. The van der Waals surface area contributed by atoms with Gasteiger partial charge in [-0.15, -0.1) is 0 Å². The molecule has 2 aromatic carbocycles. The van der Waals surface area contributed by atoms with Crippen LogP contribution >= 0.6 is 0 Å². The third-order valence-corrected chi connectivity index (χ3v) is 4.96. The van der Waals surface area contributed by atoms with Gasteiger partial charge in [0.1, 0.15) is 11.5 Å². The number of H-pyrrole nitrogens is 1. The van der Waals surface area contributed by atoms with Gasteiger partial charge in [0, 0.05) is 6.54 Å². The topological polar surface area (TPSA) is 76.0 Å². The largest absolute Gasteiger partial charge is 0.370 e. The molecule has 1 N–H and O–H groups in total. The Balaban J connectivity index is 1.53. The van der Waals surface area contributed by atoms with Gasteiger partial charge < -0.3 is 9.64 Å². The van der Waals surface area contributed by atoms with Crippen LogP contribution in [0.4, 0.5) is 5.95 Å². The molecule has 1 fully saturated rings. The molecule has 0 amide bonds. The Hall–Kier alpha value is -3.45. The summed E-state index contributed by atoms with van der Waals surface area (Å²) in [5, 5.41) is 4.84. The number of nitrogens with zero attached hydrogens (tertiary/aromatic N) is 4. The second-order valence-corrected chi connectivity index (χ2v) is 6.73. The zero-order valence-electron chi connectivity index (χ0n) is 15.2. The van der Waals surface area contributed by atoms with Gasteiger partial charge in [-0.25, -0.2) is 4.68 Å². The number of ether oxygens (including phenoxy) is 1. The first-order valence-corrected chi connectivity index (χ1v) is 9.24. The van der Waals surface area contributed by atoms with Gasteiger partial charge in [0.2, 0.25) is 5.95 Å². The van der Waals surface area contributed by atoms with Crippen LogP contribution in [0, 0.1) is 0 Å². The Labute approximate surface area is 161 Å². The summed E-state index contributed by atoms with van der Waals surface area (Å²) >= 11 is 0. The molecule has 0 radical (unpaired) electrons. The molecule has 2 aromatic heterocycles. The molecule has 28 heavy (non-hydrogen) atoms. The van der Waals surface area contributed by atoms with Crippen molar-refractivity contribution in [1.29, 1.82) is 0 Å². The van der Waals surface area contributed by atoms with Crippen LogP contribution in [0.25, 0.3) is 16.7 Å². The van der Waals surface area contributed by atoms with Gasteiger partial charge in [-0.3, -0.25) is 9.78 Å². The van der Waals surface area contributed by atoms with Crippen molar-refractivity contribution in [3.8, 4) is 5.69 Å². The maximum Gasteiger partial charge on any atom is 0.263 e. The van der Waals surface area contributed by atoms with Crippen LogP contribution in [0.1, 0.15) is 11.7 Å². The van der Waals surface area contributed by atoms with Crippen molar-refractivity contribution in [3.63, 3.8) is 0 Å². The Morgan fingerprint density at radius 1 is 1.04 bits per heavy atom. The van der Waals surface area contributed by atoms with E-state index in [1.807, 2.05) is 48.5 Å². The number of rotatable bonds is 3. The average Bonchev–Trinajstić information content (AvgIpc) is 3.20. The molecule has 0 unspecified atom stereocenters. The van der Waals surface area contributed by atoms with Gasteiger partial charge in [0.05, 0.1) is 25.0 Å². The summed E-state index contributed by atoms with van der Waals surface area (Å²) in [6.07, 6.45) is 1.50. The monoisotopic (exact) mass is 373 g/mol. The van der Waals surface area contributed by atoms with E-state index in [9.17, 15) is 4.79 Å². The van der Waals surface area contributed by atoms with Crippen LogP contribution in [0.15, 0.2) is 71.7 Å². The van der Waals surface area contributed by atoms with Gasteiger partial charge in [-0.05, 0) is 17.7 Å². The molecule has 3 heterocycles. The number of aromatic nitrogens is 4. The lowest BCUT2D eigenvalue weighted by Gasteiger charge is -2.33. The highest BCUT2D eigenvalue weighted by atomic mass is 16.5. The third kappa shape index (κ3) is 2.95. The highest BCUT2D eigenvalue weighted by Gasteiger charge is 2.24. The summed E-state index contributed by atoms with van der Waals surface area (Å²) in [5.41, 5.74) is 2.34. The van der Waals surface area contributed by atoms with Crippen LogP contribution in [0.5, 0.6) is 0 Å². The van der Waals surface area contributed by atoms with E-state index in [-0.39, 0.29) is 11.7 Å². The lowest BCUT2D eigenvalue weighted by Crippen LogP contribution is -2.40. The van der Waals surface area contributed by atoms with Crippen molar-refractivity contribution >= 4 is 17.0 Å². The fraction of sp³-hybridized carbons (Fsp3) is 0.190. The molecule has 0 spiro atoms. The van der Waals surface area contributed by atoms with Gasteiger partial charge in [-0.1, -0.05) is 48.5 Å². The van der Waals surface area contributed by atoms with Crippen molar-refractivity contribution in [2.24, 2.45) is 0 Å². The summed E-state index contributed by atoms with van der Waals surface area (Å²) in [5.74, 6) is 0.541. The Morgan fingerprint density at radius 2 is 1.79 bits per heavy atom. The van der Waals surface area contributed by atoms with E-state index in [1.165, 1.54) is 0 Å². The van der Waals surface area contributed by atoms with Crippen LogP contribution in [0.2, 0.25) is 0 Å². The normalized spacial score (nSPS) is 17.1. The molecule has 140 valence electrons. The van der Waals surface area contributed by atoms with Crippen LogP contribution in [-0.4, -0.2) is 39.4 Å². The first-order valence-electron chi connectivity index (χ1n) is 9.24. The van der Waals surface area contributed by atoms with Crippen molar-refractivity contribution in [2.45, 2.75) is 6.10 Å². The fourth-order valence-electron chi connectivity index (χ4n) is 3.53. The number of morpholine rings is 1. The number of aromatic amines is 1. The lowest BCUT2D eigenvalue weighted by molar-refractivity contribution is 0.0392. The highest BCUT2D eigenvalue weighted by molar-refractivity contribution is 5.76.